The predicted molar refractivity (Wildman–Crippen MR) is 88.1 cm³/mol. The van der Waals surface area contributed by atoms with Crippen LogP contribution in [0.15, 0.2) is 0 Å². The Morgan fingerprint density at radius 3 is 2.48 bits per heavy atom. The van der Waals surface area contributed by atoms with Gasteiger partial charge in [0.1, 0.15) is 0 Å². The Labute approximate surface area is 131 Å². The highest BCUT2D eigenvalue weighted by Gasteiger charge is 2.30. The normalized spacial score (nSPS) is 18.2. The summed E-state index contributed by atoms with van der Waals surface area (Å²) in [5.74, 6) is 1.85. The second-order valence-electron chi connectivity index (χ2n) is 6.47. The minimum absolute atomic E-state index is 0.764. The molecule has 4 nitrogen and oxygen atoms in total. The Balaban J connectivity index is 1.58. The van der Waals surface area contributed by atoms with Crippen molar-refractivity contribution < 1.29 is 4.74 Å². The monoisotopic (exact) mass is 309 g/mol. The molecule has 3 rings (SSSR count). The second kappa shape index (κ2) is 7.07. The molecule has 2 saturated carbocycles. The number of nitrogens with one attached hydrogen (secondary N) is 1. The van der Waals surface area contributed by atoms with Crippen LogP contribution >= 0.6 is 11.3 Å². The molecule has 0 bridgehead atoms. The van der Waals surface area contributed by atoms with Crippen LogP contribution in [0.25, 0.3) is 0 Å². The molecule has 1 aromatic rings. The number of anilines is 1. The van der Waals surface area contributed by atoms with Gasteiger partial charge < -0.3 is 15.0 Å². The summed E-state index contributed by atoms with van der Waals surface area (Å²) in [6.45, 7) is 7.16. The van der Waals surface area contributed by atoms with Gasteiger partial charge in [0.05, 0.1) is 12.3 Å². The van der Waals surface area contributed by atoms with E-state index in [2.05, 4.69) is 17.1 Å². The standard InChI is InChI=1S/C16H27N3OS/c1-12-15(9-17-7-8-20-2)21-16(18-12)19(10-13-3-4-13)11-14-5-6-14/h13-14,17H,3-11H2,1-2H3. The number of rotatable bonds is 10. The molecule has 1 N–H and O–H groups in total. The fourth-order valence-corrected chi connectivity index (χ4v) is 3.59. The van der Waals surface area contributed by atoms with E-state index in [0.29, 0.717) is 0 Å². The first-order valence-corrected chi connectivity index (χ1v) is 8.99. The van der Waals surface area contributed by atoms with Crippen LogP contribution in [0.4, 0.5) is 5.13 Å². The van der Waals surface area contributed by atoms with E-state index >= 15 is 0 Å². The average Bonchev–Trinajstić information content (AvgIpc) is 3.38. The van der Waals surface area contributed by atoms with Crippen LogP contribution in [-0.4, -0.2) is 38.3 Å². The van der Waals surface area contributed by atoms with Crippen LogP contribution in [0.2, 0.25) is 0 Å². The first kappa shape index (κ1) is 15.3. The van der Waals surface area contributed by atoms with Crippen LogP contribution in [0.1, 0.15) is 36.3 Å². The highest BCUT2D eigenvalue weighted by atomic mass is 32.1. The minimum atomic E-state index is 0.764. The van der Waals surface area contributed by atoms with Gasteiger partial charge in [-0.25, -0.2) is 4.98 Å². The van der Waals surface area contributed by atoms with Crippen molar-refractivity contribution >= 4 is 16.5 Å². The van der Waals surface area contributed by atoms with Crippen LogP contribution in [0, 0.1) is 18.8 Å². The summed E-state index contributed by atoms with van der Waals surface area (Å²) in [6.07, 6.45) is 5.65. The van der Waals surface area contributed by atoms with Crippen LogP contribution in [0.3, 0.4) is 0 Å². The molecule has 21 heavy (non-hydrogen) atoms. The maximum absolute atomic E-state index is 5.07. The van der Waals surface area contributed by atoms with Crippen molar-refractivity contribution in [3.05, 3.63) is 10.6 Å². The lowest BCUT2D eigenvalue weighted by molar-refractivity contribution is 0.199. The largest absolute Gasteiger partial charge is 0.383 e. The van der Waals surface area contributed by atoms with Crippen LogP contribution < -0.4 is 10.2 Å². The maximum Gasteiger partial charge on any atom is 0.185 e. The summed E-state index contributed by atoms with van der Waals surface area (Å²) in [6, 6.07) is 0. The molecule has 2 aliphatic carbocycles. The summed E-state index contributed by atoms with van der Waals surface area (Å²) >= 11 is 1.88. The summed E-state index contributed by atoms with van der Waals surface area (Å²) < 4.78 is 5.07. The number of hydrogen-bond acceptors (Lipinski definition) is 5. The third-order valence-electron chi connectivity index (χ3n) is 4.27. The van der Waals surface area contributed by atoms with Gasteiger partial charge in [-0.2, -0.15) is 0 Å². The van der Waals surface area contributed by atoms with E-state index < -0.39 is 0 Å². The number of aromatic nitrogens is 1. The van der Waals surface area contributed by atoms with Gasteiger partial charge in [0.15, 0.2) is 5.13 Å². The first-order valence-electron chi connectivity index (χ1n) is 8.17. The number of nitrogens with zero attached hydrogens (tertiary/aromatic N) is 2. The number of hydrogen-bond donors (Lipinski definition) is 1. The zero-order valence-electron chi connectivity index (χ0n) is 13.2. The molecule has 1 aromatic heterocycles. The molecule has 0 radical (unpaired) electrons. The highest BCUT2D eigenvalue weighted by Crippen LogP contribution is 2.37. The molecule has 2 aliphatic rings. The van der Waals surface area contributed by atoms with Gasteiger partial charge in [0, 0.05) is 38.2 Å². The zero-order chi connectivity index (χ0) is 14.7. The molecule has 0 aliphatic heterocycles. The molecule has 5 heteroatoms. The number of thiazole rings is 1. The van der Waals surface area contributed by atoms with Gasteiger partial charge in [-0.3, -0.25) is 0 Å². The van der Waals surface area contributed by atoms with E-state index in [-0.39, 0.29) is 0 Å². The molecule has 0 spiro atoms. The van der Waals surface area contributed by atoms with Crippen molar-refractivity contribution in [2.45, 2.75) is 39.2 Å². The molecule has 0 saturated heterocycles. The predicted octanol–water partition coefficient (Wildman–Crippen LogP) is 2.81. The second-order valence-corrected chi connectivity index (χ2v) is 7.53. The Morgan fingerprint density at radius 1 is 1.24 bits per heavy atom. The summed E-state index contributed by atoms with van der Waals surface area (Å²) in [5, 5.41) is 4.67. The zero-order valence-corrected chi connectivity index (χ0v) is 14.0. The van der Waals surface area contributed by atoms with Crippen LogP contribution in [-0.2, 0) is 11.3 Å². The number of methoxy groups -OCH3 is 1. The molecule has 0 aromatic carbocycles. The Kier molecular flexibility index (Phi) is 5.14. The first-order chi connectivity index (χ1) is 10.3. The average molecular weight is 309 g/mol. The summed E-state index contributed by atoms with van der Waals surface area (Å²) in [4.78, 5) is 8.78. The SMILES string of the molecule is COCCNCc1sc(N(CC2CC2)CC2CC2)nc1C. The number of ether oxygens (including phenoxy) is 1. The fraction of sp³-hybridized carbons (Fsp3) is 0.812. The van der Waals surface area contributed by atoms with Crippen molar-refractivity contribution in [3.8, 4) is 0 Å². The smallest absolute Gasteiger partial charge is 0.185 e. The lowest BCUT2D eigenvalue weighted by atomic mass is 10.3. The van der Waals surface area contributed by atoms with E-state index in [4.69, 9.17) is 9.72 Å². The van der Waals surface area contributed by atoms with E-state index in [1.807, 2.05) is 11.3 Å². The lowest BCUT2D eigenvalue weighted by Gasteiger charge is -2.21. The Bertz CT molecular complexity index is 440. The minimum Gasteiger partial charge on any atom is -0.383 e. The third-order valence-corrected chi connectivity index (χ3v) is 5.49. The van der Waals surface area contributed by atoms with Crippen molar-refractivity contribution in [3.63, 3.8) is 0 Å². The van der Waals surface area contributed by atoms with Crippen molar-refractivity contribution in [2.75, 3.05) is 38.3 Å². The molecule has 118 valence electrons. The Morgan fingerprint density at radius 2 is 1.90 bits per heavy atom. The van der Waals surface area contributed by atoms with Gasteiger partial charge in [0.2, 0.25) is 0 Å². The van der Waals surface area contributed by atoms with E-state index in [9.17, 15) is 0 Å². The van der Waals surface area contributed by atoms with Gasteiger partial charge in [-0.05, 0) is 44.4 Å². The lowest BCUT2D eigenvalue weighted by Crippen LogP contribution is -2.27. The summed E-state index contributed by atoms with van der Waals surface area (Å²) in [5.41, 5.74) is 1.19. The topological polar surface area (TPSA) is 37.4 Å². The number of aryl methyl sites for hydroxylation is 1. The van der Waals surface area contributed by atoms with Crippen molar-refractivity contribution in [1.29, 1.82) is 0 Å². The molecular weight excluding hydrogens is 282 g/mol. The van der Waals surface area contributed by atoms with Gasteiger partial charge >= 0.3 is 0 Å². The molecule has 2 fully saturated rings. The van der Waals surface area contributed by atoms with Crippen molar-refractivity contribution in [1.82, 2.24) is 10.3 Å². The highest BCUT2D eigenvalue weighted by molar-refractivity contribution is 7.15. The fourth-order valence-electron chi connectivity index (χ4n) is 2.54. The molecule has 0 atom stereocenters. The van der Waals surface area contributed by atoms with Gasteiger partial charge in [0.25, 0.3) is 0 Å². The molecular formula is C16H27N3OS. The molecule has 0 amide bonds. The Hall–Kier alpha value is -0.650. The molecule has 1 heterocycles. The third kappa shape index (κ3) is 4.66. The molecule has 0 unspecified atom stereocenters. The van der Waals surface area contributed by atoms with E-state index in [1.165, 1.54) is 54.5 Å². The van der Waals surface area contributed by atoms with Crippen molar-refractivity contribution in [2.24, 2.45) is 11.8 Å². The summed E-state index contributed by atoms with van der Waals surface area (Å²) in [7, 11) is 1.74. The van der Waals surface area contributed by atoms with Crippen LogP contribution in [0.5, 0.6) is 0 Å². The van der Waals surface area contributed by atoms with Gasteiger partial charge in [-0.1, -0.05) is 0 Å². The van der Waals surface area contributed by atoms with Gasteiger partial charge in [-0.15, -0.1) is 11.3 Å². The quantitative estimate of drug-likeness (QED) is 0.674. The van der Waals surface area contributed by atoms with E-state index in [0.717, 1.165) is 31.5 Å². The van der Waals surface area contributed by atoms with E-state index in [1.54, 1.807) is 7.11 Å². The maximum atomic E-state index is 5.07.